The fraction of sp³-hybridized carbons (Fsp3) is 0.526. The van der Waals surface area contributed by atoms with Crippen LogP contribution in [0.15, 0.2) is 42.6 Å². The molecule has 2 saturated heterocycles. The van der Waals surface area contributed by atoms with E-state index in [2.05, 4.69) is 48.7 Å². The van der Waals surface area contributed by atoms with Crippen LogP contribution < -0.4 is 0 Å². The van der Waals surface area contributed by atoms with Gasteiger partial charge in [0.15, 0.2) is 5.60 Å². The summed E-state index contributed by atoms with van der Waals surface area (Å²) >= 11 is 0. The lowest BCUT2D eigenvalue weighted by atomic mass is 9.88. The SMILES string of the molecule is C=C1N(CCC)C(=O)OC12CCN(CCc1ccccc1)CC2. The highest BCUT2D eigenvalue weighted by atomic mass is 16.6. The molecule has 2 aliphatic heterocycles. The average Bonchev–Trinajstić information content (AvgIpc) is 2.80. The number of likely N-dealkylation sites (tertiary alicyclic amines) is 1. The van der Waals surface area contributed by atoms with Gasteiger partial charge < -0.3 is 9.64 Å². The van der Waals surface area contributed by atoms with Gasteiger partial charge in [-0.15, -0.1) is 0 Å². The number of piperidine rings is 1. The van der Waals surface area contributed by atoms with Crippen molar-refractivity contribution < 1.29 is 9.53 Å². The monoisotopic (exact) mass is 314 g/mol. The second-order valence-corrected chi connectivity index (χ2v) is 6.54. The van der Waals surface area contributed by atoms with Crippen LogP contribution in [0.4, 0.5) is 4.79 Å². The Balaban J connectivity index is 1.54. The zero-order valence-electron chi connectivity index (χ0n) is 14.0. The summed E-state index contributed by atoms with van der Waals surface area (Å²) in [6.45, 7) is 9.90. The van der Waals surface area contributed by atoms with Crippen LogP contribution in [0.2, 0.25) is 0 Å². The minimum Gasteiger partial charge on any atom is -0.436 e. The molecule has 0 aromatic heterocycles. The molecule has 2 fully saturated rings. The van der Waals surface area contributed by atoms with Gasteiger partial charge in [-0.3, -0.25) is 4.90 Å². The van der Waals surface area contributed by atoms with E-state index in [1.165, 1.54) is 5.56 Å². The molecule has 0 unspecified atom stereocenters. The van der Waals surface area contributed by atoms with Crippen LogP contribution in [0.3, 0.4) is 0 Å². The zero-order valence-corrected chi connectivity index (χ0v) is 14.0. The molecular formula is C19H26N2O2. The van der Waals surface area contributed by atoms with Crippen molar-refractivity contribution in [1.82, 2.24) is 9.80 Å². The maximum Gasteiger partial charge on any atom is 0.415 e. The zero-order chi connectivity index (χ0) is 16.3. The van der Waals surface area contributed by atoms with Crippen LogP contribution in [0, 0.1) is 0 Å². The molecule has 124 valence electrons. The number of rotatable bonds is 5. The fourth-order valence-electron chi connectivity index (χ4n) is 3.55. The summed E-state index contributed by atoms with van der Waals surface area (Å²) in [5.41, 5.74) is 1.79. The molecule has 1 amide bonds. The first kappa shape index (κ1) is 16.1. The predicted octanol–water partition coefficient (Wildman–Crippen LogP) is 3.44. The van der Waals surface area contributed by atoms with Crippen LogP contribution in [-0.4, -0.2) is 47.7 Å². The fourth-order valence-corrected chi connectivity index (χ4v) is 3.55. The largest absolute Gasteiger partial charge is 0.436 e. The van der Waals surface area contributed by atoms with Crippen LogP contribution in [0.1, 0.15) is 31.7 Å². The highest BCUT2D eigenvalue weighted by Gasteiger charge is 2.49. The van der Waals surface area contributed by atoms with Gasteiger partial charge in [-0.25, -0.2) is 4.79 Å². The lowest BCUT2D eigenvalue weighted by molar-refractivity contribution is 0.0150. The van der Waals surface area contributed by atoms with Crippen LogP contribution >= 0.6 is 0 Å². The first-order valence-corrected chi connectivity index (χ1v) is 8.61. The average molecular weight is 314 g/mol. The Morgan fingerprint density at radius 2 is 1.87 bits per heavy atom. The maximum atomic E-state index is 12.1. The van der Waals surface area contributed by atoms with E-state index in [0.717, 1.165) is 51.0 Å². The number of hydrogen-bond donors (Lipinski definition) is 0. The molecule has 4 heteroatoms. The van der Waals surface area contributed by atoms with Gasteiger partial charge in [0.25, 0.3) is 0 Å². The molecule has 2 heterocycles. The van der Waals surface area contributed by atoms with Crippen molar-refractivity contribution in [1.29, 1.82) is 0 Å². The molecule has 1 aromatic rings. The highest BCUT2D eigenvalue weighted by Crippen LogP contribution is 2.40. The number of benzene rings is 1. The molecule has 1 aromatic carbocycles. The predicted molar refractivity (Wildman–Crippen MR) is 91.2 cm³/mol. The number of amides is 1. The summed E-state index contributed by atoms with van der Waals surface area (Å²) in [6, 6.07) is 10.6. The smallest absolute Gasteiger partial charge is 0.415 e. The molecule has 0 atom stereocenters. The lowest BCUT2D eigenvalue weighted by Crippen LogP contribution is -2.46. The molecule has 0 aliphatic carbocycles. The number of ether oxygens (including phenoxy) is 1. The Bertz CT molecular complexity index is 562. The van der Waals surface area contributed by atoms with Crippen molar-refractivity contribution in [2.24, 2.45) is 0 Å². The van der Waals surface area contributed by atoms with Gasteiger partial charge in [-0.2, -0.15) is 0 Å². The number of nitrogens with zero attached hydrogens (tertiary/aromatic N) is 2. The minimum absolute atomic E-state index is 0.213. The van der Waals surface area contributed by atoms with Gasteiger partial charge in [0, 0.05) is 39.0 Å². The summed E-state index contributed by atoms with van der Waals surface area (Å²) in [5, 5.41) is 0. The van der Waals surface area contributed by atoms with Crippen molar-refractivity contribution in [3.8, 4) is 0 Å². The van der Waals surface area contributed by atoms with Crippen molar-refractivity contribution in [2.75, 3.05) is 26.2 Å². The standard InChI is InChI=1S/C19H26N2O2/c1-3-12-21-16(2)19(23-18(21)22)10-14-20(15-11-19)13-9-17-7-5-4-6-8-17/h4-8H,2-3,9-15H2,1H3. The van der Waals surface area contributed by atoms with Gasteiger partial charge >= 0.3 is 6.09 Å². The molecule has 1 spiro atoms. The number of hydrogen-bond acceptors (Lipinski definition) is 3. The summed E-state index contributed by atoms with van der Waals surface area (Å²) in [7, 11) is 0. The molecule has 0 saturated carbocycles. The van der Waals surface area contributed by atoms with Crippen molar-refractivity contribution in [2.45, 2.75) is 38.2 Å². The van der Waals surface area contributed by atoms with Crippen LogP contribution in [-0.2, 0) is 11.2 Å². The van der Waals surface area contributed by atoms with E-state index in [1.54, 1.807) is 4.90 Å². The summed E-state index contributed by atoms with van der Waals surface area (Å²) in [6.07, 6.45) is 3.48. The Hall–Kier alpha value is -1.81. The van der Waals surface area contributed by atoms with Crippen molar-refractivity contribution >= 4 is 6.09 Å². The van der Waals surface area contributed by atoms with Crippen molar-refractivity contribution in [3.63, 3.8) is 0 Å². The van der Waals surface area contributed by atoms with E-state index in [1.807, 2.05) is 0 Å². The first-order chi connectivity index (χ1) is 11.1. The number of carbonyl (C=O) groups excluding carboxylic acids is 1. The maximum absolute atomic E-state index is 12.1. The van der Waals surface area contributed by atoms with E-state index >= 15 is 0 Å². The quantitative estimate of drug-likeness (QED) is 0.834. The summed E-state index contributed by atoms with van der Waals surface area (Å²) in [5.74, 6) is 0. The first-order valence-electron chi connectivity index (χ1n) is 8.61. The Morgan fingerprint density at radius 1 is 1.17 bits per heavy atom. The van der Waals surface area contributed by atoms with E-state index in [-0.39, 0.29) is 6.09 Å². The Kier molecular flexibility index (Phi) is 4.71. The van der Waals surface area contributed by atoms with Crippen LogP contribution in [0.25, 0.3) is 0 Å². The molecule has 3 rings (SSSR count). The van der Waals surface area contributed by atoms with Gasteiger partial charge in [0.05, 0.1) is 5.70 Å². The van der Waals surface area contributed by atoms with Crippen molar-refractivity contribution in [3.05, 3.63) is 48.2 Å². The normalized spacial score (nSPS) is 21.0. The van der Waals surface area contributed by atoms with Crippen LogP contribution in [0.5, 0.6) is 0 Å². The third-order valence-corrected chi connectivity index (χ3v) is 5.03. The third kappa shape index (κ3) is 3.27. The minimum atomic E-state index is -0.449. The van der Waals surface area contributed by atoms with E-state index in [0.29, 0.717) is 6.54 Å². The molecule has 2 aliphatic rings. The molecule has 4 nitrogen and oxygen atoms in total. The molecule has 0 bridgehead atoms. The Morgan fingerprint density at radius 3 is 2.52 bits per heavy atom. The summed E-state index contributed by atoms with van der Waals surface area (Å²) < 4.78 is 5.74. The molecular weight excluding hydrogens is 288 g/mol. The van der Waals surface area contributed by atoms with E-state index in [9.17, 15) is 4.79 Å². The lowest BCUT2D eigenvalue weighted by Gasteiger charge is -2.38. The molecule has 0 N–H and O–H groups in total. The van der Waals surface area contributed by atoms with Gasteiger partial charge in [-0.05, 0) is 18.4 Å². The topological polar surface area (TPSA) is 32.8 Å². The second kappa shape index (κ2) is 6.75. The highest BCUT2D eigenvalue weighted by molar-refractivity contribution is 5.74. The molecule has 0 radical (unpaired) electrons. The van der Waals surface area contributed by atoms with Gasteiger partial charge in [0.2, 0.25) is 0 Å². The van der Waals surface area contributed by atoms with E-state index in [4.69, 9.17) is 4.74 Å². The third-order valence-electron chi connectivity index (χ3n) is 5.03. The Labute approximate surface area is 138 Å². The number of carbonyl (C=O) groups is 1. The van der Waals surface area contributed by atoms with Gasteiger partial charge in [-0.1, -0.05) is 43.8 Å². The van der Waals surface area contributed by atoms with Gasteiger partial charge in [0.1, 0.15) is 0 Å². The van der Waals surface area contributed by atoms with E-state index < -0.39 is 5.60 Å². The second-order valence-electron chi connectivity index (χ2n) is 6.54. The summed E-state index contributed by atoms with van der Waals surface area (Å²) in [4.78, 5) is 16.3. The molecule has 23 heavy (non-hydrogen) atoms.